The molecular weight excluding hydrogens is 498 g/mol. The van der Waals surface area contributed by atoms with Crippen LogP contribution in [0, 0.1) is 13.8 Å². The van der Waals surface area contributed by atoms with Crippen LogP contribution in [0.5, 0.6) is 11.6 Å². The molecule has 0 saturated heterocycles. The average Bonchev–Trinajstić information content (AvgIpc) is 2.83. The molecule has 3 N–H and O–H groups in total. The number of carbonyl (C=O) groups excluding carboxylic acids is 1. The molecule has 2 rings (SSSR count). The highest BCUT2D eigenvalue weighted by atomic mass is 35.5. The van der Waals surface area contributed by atoms with Crippen molar-refractivity contribution in [2.24, 2.45) is 4.99 Å². The summed E-state index contributed by atoms with van der Waals surface area (Å²) in [6.07, 6.45) is 1.76. The summed E-state index contributed by atoms with van der Waals surface area (Å²) >= 11 is 6.22. The third-order valence-electron chi connectivity index (χ3n) is 5.04. The Balaban J connectivity index is 2.32. The second-order valence-electron chi connectivity index (χ2n) is 8.67. The normalized spacial score (nSPS) is 12.9. The molecule has 1 aromatic heterocycles. The molecule has 1 unspecified atom stereocenters. The lowest BCUT2D eigenvalue weighted by molar-refractivity contribution is -0.124. The molecule has 0 spiro atoms. The molecule has 1 aromatic carbocycles. The minimum Gasteiger partial charge on any atom is -0.490 e. The molecule has 10 heteroatoms. The molecule has 1 heterocycles. The topological polar surface area (TPSA) is 123 Å². The lowest BCUT2D eigenvalue weighted by Gasteiger charge is -2.17. The van der Waals surface area contributed by atoms with Crippen molar-refractivity contribution in [2.75, 3.05) is 26.9 Å². The zero-order valence-corrected chi connectivity index (χ0v) is 22.9. The van der Waals surface area contributed by atoms with Crippen LogP contribution in [-0.2, 0) is 9.53 Å². The summed E-state index contributed by atoms with van der Waals surface area (Å²) in [5.74, 6) is 0.829. The Morgan fingerprint density at radius 1 is 1.19 bits per heavy atom. The average molecular weight is 534 g/mol. The fourth-order valence-electron chi connectivity index (χ4n) is 3.51. The standard InChI is InChI=1S/C27H36ClN3O6/c1-7-8-22(30-27(35-6)20-11-23(28)31-25(12-20)37-16(2)3)19-9-17(4)26(18(5)10-19)36-15-21(33)13-29-24(34)14-32/h8-12,16,21,32-33H,7,13-15H2,1-6H3,(H,29,34)/b22-8+,30-27?. The zero-order valence-electron chi connectivity index (χ0n) is 22.2. The van der Waals surface area contributed by atoms with E-state index in [1.807, 2.05) is 52.8 Å². The Labute approximate surface area is 223 Å². The minimum atomic E-state index is -0.921. The van der Waals surface area contributed by atoms with Crippen LogP contribution >= 0.6 is 11.6 Å². The molecule has 0 aliphatic heterocycles. The third kappa shape index (κ3) is 9.35. The highest BCUT2D eigenvalue weighted by Crippen LogP contribution is 2.30. The summed E-state index contributed by atoms with van der Waals surface area (Å²) < 4.78 is 17.2. The largest absolute Gasteiger partial charge is 0.490 e. The number of nitrogens with one attached hydrogen (secondary N) is 1. The van der Waals surface area contributed by atoms with Crippen molar-refractivity contribution in [3.05, 3.63) is 57.7 Å². The number of ether oxygens (including phenoxy) is 3. The zero-order chi connectivity index (χ0) is 27.5. The van der Waals surface area contributed by atoms with Gasteiger partial charge in [0.1, 0.15) is 30.2 Å². The van der Waals surface area contributed by atoms with Crippen LogP contribution in [-0.4, -0.2) is 66.1 Å². The number of benzene rings is 1. The Kier molecular flexibility index (Phi) is 11.8. The van der Waals surface area contributed by atoms with E-state index < -0.39 is 18.6 Å². The number of halogens is 1. The van der Waals surface area contributed by atoms with Crippen LogP contribution in [0.25, 0.3) is 5.70 Å². The van der Waals surface area contributed by atoms with Gasteiger partial charge in [-0.1, -0.05) is 24.6 Å². The molecule has 37 heavy (non-hydrogen) atoms. The molecule has 0 fully saturated rings. The molecule has 0 saturated carbocycles. The van der Waals surface area contributed by atoms with E-state index in [0.29, 0.717) is 28.8 Å². The number of aryl methyl sites for hydroxylation is 2. The van der Waals surface area contributed by atoms with E-state index in [1.165, 1.54) is 0 Å². The van der Waals surface area contributed by atoms with Crippen molar-refractivity contribution in [2.45, 2.75) is 53.2 Å². The Hall–Kier alpha value is -3.14. The fourth-order valence-corrected chi connectivity index (χ4v) is 3.71. The molecule has 202 valence electrons. The van der Waals surface area contributed by atoms with E-state index >= 15 is 0 Å². The van der Waals surface area contributed by atoms with Crippen LogP contribution < -0.4 is 14.8 Å². The van der Waals surface area contributed by atoms with Gasteiger partial charge in [-0.3, -0.25) is 4.79 Å². The molecule has 1 amide bonds. The summed E-state index contributed by atoms with van der Waals surface area (Å²) in [6, 6.07) is 7.31. The van der Waals surface area contributed by atoms with Gasteiger partial charge in [-0.15, -0.1) is 0 Å². The summed E-state index contributed by atoms with van der Waals surface area (Å²) in [6.45, 7) is 9.00. The number of carbonyl (C=O) groups is 1. The van der Waals surface area contributed by atoms with Crippen LogP contribution in [0.4, 0.5) is 0 Å². The summed E-state index contributed by atoms with van der Waals surface area (Å²) in [7, 11) is 1.54. The molecule has 0 bridgehead atoms. The quantitative estimate of drug-likeness (QED) is 0.215. The number of aliphatic hydroxyl groups excluding tert-OH is 2. The molecule has 0 aliphatic carbocycles. The molecular formula is C27H36ClN3O6. The lowest BCUT2D eigenvalue weighted by atomic mass is 10.0. The number of aliphatic imine (C=N–C) groups is 1. The van der Waals surface area contributed by atoms with Crippen molar-refractivity contribution >= 4 is 29.1 Å². The van der Waals surface area contributed by atoms with E-state index in [-0.39, 0.29) is 24.4 Å². The van der Waals surface area contributed by atoms with Crippen molar-refractivity contribution in [3.63, 3.8) is 0 Å². The van der Waals surface area contributed by atoms with Gasteiger partial charge in [-0.05, 0) is 63.4 Å². The summed E-state index contributed by atoms with van der Waals surface area (Å²) in [4.78, 5) is 20.2. The first-order valence-electron chi connectivity index (χ1n) is 12.0. The number of aromatic nitrogens is 1. The molecule has 9 nitrogen and oxygen atoms in total. The smallest absolute Gasteiger partial charge is 0.245 e. The number of hydrogen-bond acceptors (Lipinski definition) is 8. The first kappa shape index (κ1) is 30.1. The second kappa shape index (κ2) is 14.6. The third-order valence-corrected chi connectivity index (χ3v) is 5.24. The SMILES string of the molecule is CC/C=C(/N=C(OC)c1cc(Cl)nc(OC(C)C)c1)c1cc(C)c(OCC(O)CNC(=O)CO)c(C)c1. The Morgan fingerprint density at radius 2 is 1.86 bits per heavy atom. The van der Waals surface area contributed by atoms with Gasteiger partial charge in [0, 0.05) is 23.7 Å². The monoisotopic (exact) mass is 533 g/mol. The number of aliphatic hydroxyl groups is 2. The number of hydrogen-bond donors (Lipinski definition) is 3. The number of pyridine rings is 1. The van der Waals surface area contributed by atoms with Gasteiger partial charge in [-0.25, -0.2) is 9.98 Å². The van der Waals surface area contributed by atoms with Gasteiger partial charge in [0.05, 0.1) is 18.9 Å². The second-order valence-corrected chi connectivity index (χ2v) is 9.06. The van der Waals surface area contributed by atoms with Crippen molar-refractivity contribution < 1.29 is 29.2 Å². The maximum atomic E-state index is 11.2. The van der Waals surface area contributed by atoms with Gasteiger partial charge in [0.25, 0.3) is 0 Å². The first-order chi connectivity index (χ1) is 17.6. The van der Waals surface area contributed by atoms with Crippen molar-refractivity contribution in [1.29, 1.82) is 0 Å². The van der Waals surface area contributed by atoms with E-state index in [9.17, 15) is 9.90 Å². The predicted molar refractivity (Wildman–Crippen MR) is 144 cm³/mol. The first-order valence-corrected chi connectivity index (χ1v) is 12.4. The van der Waals surface area contributed by atoms with Crippen LogP contribution in [0.2, 0.25) is 5.15 Å². The number of methoxy groups -OCH3 is 1. The molecule has 2 aromatic rings. The van der Waals surface area contributed by atoms with Crippen LogP contribution in [0.15, 0.2) is 35.3 Å². The molecule has 1 atom stereocenters. The molecule has 0 radical (unpaired) electrons. The Morgan fingerprint density at radius 3 is 2.43 bits per heavy atom. The number of nitrogens with zero attached hydrogens (tertiary/aromatic N) is 2. The number of rotatable bonds is 12. The van der Waals surface area contributed by atoms with Gasteiger partial charge in [-0.2, -0.15) is 0 Å². The molecule has 0 aliphatic rings. The van der Waals surface area contributed by atoms with E-state index in [1.54, 1.807) is 19.2 Å². The van der Waals surface area contributed by atoms with Crippen LogP contribution in [0.3, 0.4) is 0 Å². The highest BCUT2D eigenvalue weighted by Gasteiger charge is 2.15. The van der Waals surface area contributed by atoms with Crippen molar-refractivity contribution in [3.8, 4) is 11.6 Å². The highest BCUT2D eigenvalue weighted by molar-refractivity contribution is 6.29. The minimum absolute atomic E-state index is 0.0139. The maximum Gasteiger partial charge on any atom is 0.245 e. The Bertz CT molecular complexity index is 1110. The van der Waals surface area contributed by atoms with Gasteiger partial charge >= 0.3 is 0 Å². The van der Waals surface area contributed by atoms with Crippen molar-refractivity contribution in [1.82, 2.24) is 10.3 Å². The number of amides is 1. The van der Waals surface area contributed by atoms with Gasteiger partial charge in [0.2, 0.25) is 17.7 Å². The van der Waals surface area contributed by atoms with E-state index in [4.69, 9.17) is 35.9 Å². The van der Waals surface area contributed by atoms with Crippen LogP contribution in [0.1, 0.15) is 49.4 Å². The van der Waals surface area contributed by atoms with Gasteiger partial charge < -0.3 is 29.7 Å². The summed E-state index contributed by atoms with van der Waals surface area (Å²) in [5.41, 5.74) is 3.93. The van der Waals surface area contributed by atoms with E-state index in [2.05, 4.69) is 10.3 Å². The maximum absolute atomic E-state index is 11.2. The van der Waals surface area contributed by atoms with E-state index in [0.717, 1.165) is 23.1 Å². The fraction of sp³-hybridized carbons (Fsp3) is 0.444. The van der Waals surface area contributed by atoms with Gasteiger partial charge in [0.15, 0.2) is 0 Å². The number of allylic oxidation sites excluding steroid dienone is 1. The predicted octanol–water partition coefficient (Wildman–Crippen LogP) is 3.83. The summed E-state index contributed by atoms with van der Waals surface area (Å²) in [5, 5.41) is 21.5. The lowest BCUT2D eigenvalue weighted by Crippen LogP contribution is -2.36.